The van der Waals surface area contributed by atoms with Gasteiger partial charge in [0.15, 0.2) is 11.5 Å². The van der Waals surface area contributed by atoms with Crippen molar-refractivity contribution in [2.24, 2.45) is 0 Å². The summed E-state index contributed by atoms with van der Waals surface area (Å²) < 4.78 is 26.3. The van der Waals surface area contributed by atoms with E-state index in [0.717, 1.165) is 30.5 Å². The molecule has 0 saturated carbocycles. The molecule has 1 amide bonds. The lowest BCUT2D eigenvalue weighted by atomic mass is 10.1. The van der Waals surface area contributed by atoms with Gasteiger partial charge >= 0.3 is 0 Å². The molecule has 1 saturated heterocycles. The highest BCUT2D eigenvalue weighted by molar-refractivity contribution is 5.94. The molecule has 1 atom stereocenters. The molecule has 8 nitrogen and oxygen atoms in total. The van der Waals surface area contributed by atoms with Crippen LogP contribution in [0, 0.1) is 5.82 Å². The van der Waals surface area contributed by atoms with Gasteiger partial charge in [-0.25, -0.2) is 9.07 Å². The van der Waals surface area contributed by atoms with Crippen molar-refractivity contribution in [2.75, 3.05) is 19.8 Å². The van der Waals surface area contributed by atoms with Crippen LogP contribution in [0.3, 0.4) is 0 Å². The van der Waals surface area contributed by atoms with Crippen molar-refractivity contribution in [2.45, 2.75) is 25.3 Å². The molecule has 0 radical (unpaired) electrons. The first-order valence-electron chi connectivity index (χ1n) is 9.24. The monoisotopic (exact) mass is 383 g/mol. The van der Waals surface area contributed by atoms with Crippen molar-refractivity contribution >= 4 is 5.91 Å². The predicted molar refractivity (Wildman–Crippen MR) is 94.4 cm³/mol. The molecule has 2 aliphatic rings. The molecule has 144 valence electrons. The maximum absolute atomic E-state index is 14.4. The number of ether oxygens (including phenoxy) is 1. The van der Waals surface area contributed by atoms with Crippen molar-refractivity contribution in [1.82, 2.24) is 24.8 Å². The molecular formula is C19H18FN5O3. The summed E-state index contributed by atoms with van der Waals surface area (Å²) >= 11 is 0. The maximum atomic E-state index is 14.4. The van der Waals surface area contributed by atoms with Crippen LogP contribution in [0.5, 0.6) is 0 Å². The topological polar surface area (TPSA) is 86.3 Å². The zero-order chi connectivity index (χ0) is 19.1. The van der Waals surface area contributed by atoms with Crippen LogP contribution < -0.4 is 0 Å². The Morgan fingerprint density at radius 2 is 2.14 bits per heavy atom. The number of morpholine rings is 1. The zero-order valence-electron chi connectivity index (χ0n) is 15.0. The van der Waals surface area contributed by atoms with Crippen LogP contribution in [0.15, 0.2) is 35.2 Å². The summed E-state index contributed by atoms with van der Waals surface area (Å²) in [6.07, 6.45) is 3.67. The van der Waals surface area contributed by atoms with E-state index in [1.54, 1.807) is 27.8 Å². The molecule has 1 unspecified atom stereocenters. The van der Waals surface area contributed by atoms with Crippen LogP contribution >= 0.6 is 0 Å². The number of rotatable bonds is 3. The Kier molecular flexibility index (Phi) is 4.16. The Morgan fingerprint density at radius 3 is 2.96 bits per heavy atom. The molecule has 0 spiro atoms. The van der Waals surface area contributed by atoms with Crippen molar-refractivity contribution in [3.8, 4) is 5.69 Å². The van der Waals surface area contributed by atoms with E-state index < -0.39 is 6.04 Å². The Labute approximate surface area is 159 Å². The van der Waals surface area contributed by atoms with E-state index in [1.165, 1.54) is 12.5 Å². The van der Waals surface area contributed by atoms with Gasteiger partial charge in [0.25, 0.3) is 5.91 Å². The van der Waals surface area contributed by atoms with E-state index in [0.29, 0.717) is 37.0 Å². The summed E-state index contributed by atoms with van der Waals surface area (Å²) in [5.74, 6) is -0.181. The summed E-state index contributed by atoms with van der Waals surface area (Å²) in [5.41, 5.74) is 2.52. The van der Waals surface area contributed by atoms with E-state index in [2.05, 4.69) is 15.2 Å². The first kappa shape index (κ1) is 17.1. The molecule has 3 aromatic rings. The van der Waals surface area contributed by atoms with E-state index in [1.807, 2.05) is 0 Å². The van der Waals surface area contributed by atoms with E-state index in [4.69, 9.17) is 9.26 Å². The molecule has 0 bridgehead atoms. The van der Waals surface area contributed by atoms with Gasteiger partial charge in [0.05, 0.1) is 13.2 Å². The third kappa shape index (κ3) is 2.70. The lowest BCUT2D eigenvalue weighted by Crippen LogP contribution is -2.44. The van der Waals surface area contributed by atoms with Crippen LogP contribution in [0.1, 0.15) is 40.0 Å². The van der Waals surface area contributed by atoms with E-state index >= 15 is 0 Å². The summed E-state index contributed by atoms with van der Waals surface area (Å²) in [7, 11) is 0. The number of carbonyl (C=O) groups excluding carboxylic acids is 1. The number of hydrogen-bond donors (Lipinski definition) is 0. The number of fused-ring (bicyclic) bond motifs is 1. The quantitative estimate of drug-likeness (QED) is 0.688. The van der Waals surface area contributed by atoms with Gasteiger partial charge in [-0.2, -0.15) is 10.1 Å². The molecule has 0 N–H and O–H groups in total. The van der Waals surface area contributed by atoms with Crippen molar-refractivity contribution in [3.05, 3.63) is 59.3 Å². The van der Waals surface area contributed by atoms with E-state index in [-0.39, 0.29) is 11.7 Å². The molecular weight excluding hydrogens is 365 g/mol. The standard InChI is InChI=1S/C19H18FN5O3/c20-13-5-1-2-6-15(13)25-14-7-3-4-12(14)17(22-25)19(26)24-8-9-27-10-16(24)18-21-11-28-23-18/h1-2,5-6,11,16H,3-4,7-10H2. The molecule has 5 rings (SSSR count). The first-order valence-corrected chi connectivity index (χ1v) is 9.24. The average molecular weight is 383 g/mol. The molecule has 9 heteroatoms. The molecule has 1 aliphatic heterocycles. The van der Waals surface area contributed by atoms with Gasteiger partial charge in [0.2, 0.25) is 6.39 Å². The number of halogens is 1. The van der Waals surface area contributed by atoms with Crippen LogP contribution in [-0.2, 0) is 17.6 Å². The normalized spacial score (nSPS) is 19.0. The highest BCUT2D eigenvalue weighted by Gasteiger charge is 2.36. The Morgan fingerprint density at radius 1 is 1.25 bits per heavy atom. The molecule has 28 heavy (non-hydrogen) atoms. The third-order valence-electron chi connectivity index (χ3n) is 5.28. The maximum Gasteiger partial charge on any atom is 0.275 e. The highest BCUT2D eigenvalue weighted by Crippen LogP contribution is 2.31. The van der Waals surface area contributed by atoms with Crippen molar-refractivity contribution < 1.29 is 18.4 Å². The van der Waals surface area contributed by atoms with Crippen molar-refractivity contribution in [3.63, 3.8) is 0 Å². The second kappa shape index (κ2) is 6.83. The van der Waals surface area contributed by atoms with Crippen molar-refractivity contribution in [1.29, 1.82) is 0 Å². The number of carbonyl (C=O) groups is 1. The van der Waals surface area contributed by atoms with Crippen LogP contribution in [0.25, 0.3) is 5.69 Å². The van der Waals surface area contributed by atoms with Crippen LogP contribution in [0.4, 0.5) is 4.39 Å². The number of aromatic nitrogens is 4. The molecule has 1 aliphatic carbocycles. The minimum atomic E-state index is -0.435. The number of nitrogens with zero attached hydrogens (tertiary/aromatic N) is 5. The summed E-state index contributed by atoms with van der Waals surface area (Å²) in [5, 5.41) is 8.40. The third-order valence-corrected chi connectivity index (χ3v) is 5.28. The van der Waals surface area contributed by atoms with Gasteiger partial charge < -0.3 is 14.2 Å². The van der Waals surface area contributed by atoms with Gasteiger partial charge in [0, 0.05) is 17.8 Å². The molecule has 3 heterocycles. The number of benzene rings is 1. The Bertz CT molecular complexity index is 1020. The largest absolute Gasteiger partial charge is 0.377 e. The summed E-state index contributed by atoms with van der Waals surface area (Å²) in [6.45, 7) is 1.12. The van der Waals surface area contributed by atoms with Gasteiger partial charge in [-0.15, -0.1) is 0 Å². The summed E-state index contributed by atoms with van der Waals surface area (Å²) in [6, 6.07) is 6.03. The zero-order valence-corrected chi connectivity index (χ0v) is 15.0. The van der Waals surface area contributed by atoms with Gasteiger partial charge in [0.1, 0.15) is 17.5 Å². The Balaban J connectivity index is 1.55. The second-order valence-corrected chi connectivity index (χ2v) is 6.87. The molecule has 2 aromatic heterocycles. The van der Waals surface area contributed by atoms with Crippen LogP contribution in [-0.4, -0.2) is 50.5 Å². The fraction of sp³-hybridized carbons (Fsp3) is 0.368. The van der Waals surface area contributed by atoms with E-state index in [9.17, 15) is 9.18 Å². The minimum absolute atomic E-state index is 0.216. The average Bonchev–Trinajstić information content (AvgIpc) is 3.46. The summed E-state index contributed by atoms with van der Waals surface area (Å²) in [4.78, 5) is 19.2. The Hall–Kier alpha value is -3.07. The lowest BCUT2D eigenvalue weighted by Gasteiger charge is -2.33. The fourth-order valence-corrected chi connectivity index (χ4v) is 3.95. The van der Waals surface area contributed by atoms with Crippen LogP contribution in [0.2, 0.25) is 0 Å². The molecule has 1 aromatic carbocycles. The van der Waals surface area contributed by atoms with Gasteiger partial charge in [-0.3, -0.25) is 4.79 Å². The first-order chi connectivity index (χ1) is 13.7. The van der Waals surface area contributed by atoms with Gasteiger partial charge in [-0.1, -0.05) is 17.3 Å². The second-order valence-electron chi connectivity index (χ2n) is 6.87. The molecule has 1 fully saturated rings. The minimum Gasteiger partial charge on any atom is -0.377 e. The SMILES string of the molecule is O=C(c1nn(-c2ccccc2F)c2c1CCC2)N1CCOCC1c1ncon1. The number of para-hydroxylation sites is 1. The smallest absolute Gasteiger partial charge is 0.275 e. The number of amides is 1. The fourth-order valence-electron chi connectivity index (χ4n) is 3.95. The number of hydrogen-bond acceptors (Lipinski definition) is 6. The predicted octanol–water partition coefficient (Wildman–Crippen LogP) is 2.10. The lowest BCUT2D eigenvalue weighted by molar-refractivity contribution is -0.00615. The van der Waals surface area contributed by atoms with Gasteiger partial charge in [-0.05, 0) is 31.4 Å². The highest BCUT2D eigenvalue weighted by atomic mass is 19.1.